The molecule has 2 heterocycles. The summed E-state index contributed by atoms with van der Waals surface area (Å²) in [5, 5.41) is 10.7. The van der Waals surface area contributed by atoms with E-state index in [1.165, 1.54) is 4.90 Å². The summed E-state index contributed by atoms with van der Waals surface area (Å²) >= 11 is 0. The van der Waals surface area contributed by atoms with Crippen LogP contribution in [0.1, 0.15) is 27.5 Å². The molecule has 3 rings (SSSR count). The Morgan fingerprint density at radius 3 is 2.41 bits per heavy atom. The molecule has 0 radical (unpaired) electrons. The molecule has 2 amide bonds. The zero-order valence-electron chi connectivity index (χ0n) is 15.7. The Balaban J connectivity index is 1.64. The van der Waals surface area contributed by atoms with E-state index in [-0.39, 0.29) is 18.4 Å². The molecule has 0 saturated carbocycles. The second-order valence-corrected chi connectivity index (χ2v) is 6.42. The number of carbonyl (C=O) groups excluding carboxylic acids is 2. The fraction of sp³-hybridized carbons (Fsp3) is 0.263. The third kappa shape index (κ3) is 4.22. The fourth-order valence-electron chi connectivity index (χ4n) is 2.75. The van der Waals surface area contributed by atoms with Crippen molar-refractivity contribution in [3.63, 3.8) is 0 Å². The van der Waals surface area contributed by atoms with Crippen molar-refractivity contribution in [2.45, 2.75) is 20.8 Å². The number of benzene rings is 1. The Morgan fingerprint density at radius 1 is 1.15 bits per heavy atom. The minimum absolute atomic E-state index is 0.0933. The topological polar surface area (TPSA) is 93.3 Å². The molecule has 140 valence electrons. The zero-order chi connectivity index (χ0) is 19.6. The minimum Gasteiger partial charge on any atom is -0.360 e. The summed E-state index contributed by atoms with van der Waals surface area (Å²) in [6.07, 6.45) is 0. The summed E-state index contributed by atoms with van der Waals surface area (Å²) in [6, 6.07) is 10.7. The Hall–Kier alpha value is -3.42. The van der Waals surface area contributed by atoms with E-state index in [9.17, 15) is 9.59 Å². The van der Waals surface area contributed by atoms with Crippen molar-refractivity contribution in [3.8, 4) is 5.69 Å². The lowest BCUT2D eigenvalue weighted by atomic mass is 10.2. The first kappa shape index (κ1) is 18.4. The Bertz CT molecular complexity index is 972. The van der Waals surface area contributed by atoms with Gasteiger partial charge in [0, 0.05) is 24.4 Å². The summed E-state index contributed by atoms with van der Waals surface area (Å²) in [5.41, 5.74) is 3.32. The number of amides is 2. The van der Waals surface area contributed by atoms with Gasteiger partial charge in [0.25, 0.3) is 5.91 Å². The molecule has 0 bridgehead atoms. The number of anilines is 1. The van der Waals surface area contributed by atoms with Gasteiger partial charge in [-0.2, -0.15) is 5.10 Å². The van der Waals surface area contributed by atoms with Crippen molar-refractivity contribution in [1.29, 1.82) is 0 Å². The highest BCUT2D eigenvalue weighted by atomic mass is 16.5. The average Bonchev–Trinajstić information content (AvgIpc) is 3.18. The number of hydrogen-bond acceptors (Lipinski definition) is 5. The molecule has 0 aliphatic carbocycles. The Morgan fingerprint density at radius 2 is 1.85 bits per heavy atom. The standard InChI is InChI=1S/C19H21N5O3/c1-12-9-13(2)24(21-12)16-7-5-15(6-8-16)19(26)23(4)11-18(25)20-17-10-14(3)27-22-17/h5-10H,11H2,1-4H3,(H,20,22,25). The highest BCUT2D eigenvalue weighted by molar-refractivity contribution is 5.99. The lowest BCUT2D eigenvalue weighted by Gasteiger charge is -2.16. The molecular formula is C19H21N5O3. The first-order valence-corrected chi connectivity index (χ1v) is 8.46. The largest absolute Gasteiger partial charge is 0.360 e. The molecule has 0 saturated heterocycles. The molecule has 0 fully saturated rings. The fourth-order valence-corrected chi connectivity index (χ4v) is 2.75. The lowest BCUT2D eigenvalue weighted by molar-refractivity contribution is -0.116. The van der Waals surface area contributed by atoms with E-state index < -0.39 is 0 Å². The molecule has 0 aliphatic heterocycles. The van der Waals surface area contributed by atoms with Gasteiger partial charge in [-0.3, -0.25) is 9.59 Å². The average molecular weight is 367 g/mol. The molecule has 0 atom stereocenters. The predicted molar refractivity (Wildman–Crippen MR) is 99.9 cm³/mol. The molecule has 3 aromatic rings. The number of likely N-dealkylation sites (N-methyl/N-ethyl adjacent to an activating group) is 1. The summed E-state index contributed by atoms with van der Waals surface area (Å²) in [4.78, 5) is 25.9. The van der Waals surface area contributed by atoms with Gasteiger partial charge in [-0.25, -0.2) is 4.68 Å². The maximum absolute atomic E-state index is 12.5. The molecule has 0 spiro atoms. The molecule has 1 aromatic carbocycles. The first-order chi connectivity index (χ1) is 12.8. The maximum atomic E-state index is 12.5. The van der Waals surface area contributed by atoms with E-state index >= 15 is 0 Å². The van der Waals surface area contributed by atoms with Crippen LogP contribution in [0.4, 0.5) is 5.82 Å². The van der Waals surface area contributed by atoms with Crippen molar-refractivity contribution in [2.24, 2.45) is 0 Å². The van der Waals surface area contributed by atoms with Crippen molar-refractivity contribution in [1.82, 2.24) is 19.8 Å². The van der Waals surface area contributed by atoms with Gasteiger partial charge in [-0.1, -0.05) is 5.16 Å². The van der Waals surface area contributed by atoms with Gasteiger partial charge in [0.2, 0.25) is 5.91 Å². The normalized spacial score (nSPS) is 10.7. The van der Waals surface area contributed by atoms with Crippen molar-refractivity contribution in [2.75, 3.05) is 18.9 Å². The van der Waals surface area contributed by atoms with E-state index in [1.54, 1.807) is 32.2 Å². The smallest absolute Gasteiger partial charge is 0.254 e. The van der Waals surface area contributed by atoms with Crippen LogP contribution in [-0.2, 0) is 4.79 Å². The van der Waals surface area contributed by atoms with Crippen LogP contribution < -0.4 is 5.32 Å². The van der Waals surface area contributed by atoms with Crippen molar-refractivity contribution in [3.05, 3.63) is 59.1 Å². The van der Waals surface area contributed by atoms with Gasteiger partial charge in [-0.05, 0) is 51.1 Å². The third-order valence-electron chi connectivity index (χ3n) is 3.99. The number of hydrogen-bond donors (Lipinski definition) is 1. The van der Waals surface area contributed by atoms with Crippen molar-refractivity contribution < 1.29 is 14.1 Å². The second-order valence-electron chi connectivity index (χ2n) is 6.42. The third-order valence-corrected chi connectivity index (χ3v) is 3.99. The van der Waals surface area contributed by atoms with Crippen LogP contribution in [-0.4, -0.2) is 45.2 Å². The minimum atomic E-state index is -0.349. The van der Waals surface area contributed by atoms with Crippen LogP contribution in [0.3, 0.4) is 0 Å². The molecule has 2 aromatic heterocycles. The molecular weight excluding hydrogens is 346 g/mol. The van der Waals surface area contributed by atoms with Crippen LogP contribution in [0.25, 0.3) is 5.69 Å². The highest BCUT2D eigenvalue weighted by Crippen LogP contribution is 2.14. The van der Waals surface area contributed by atoms with Crippen LogP contribution in [0, 0.1) is 20.8 Å². The molecule has 8 heteroatoms. The van der Waals surface area contributed by atoms with Crippen molar-refractivity contribution >= 4 is 17.6 Å². The maximum Gasteiger partial charge on any atom is 0.254 e. The lowest BCUT2D eigenvalue weighted by Crippen LogP contribution is -2.35. The number of aromatic nitrogens is 3. The molecule has 0 unspecified atom stereocenters. The molecule has 1 N–H and O–H groups in total. The van der Waals surface area contributed by atoms with Gasteiger partial charge >= 0.3 is 0 Å². The quantitative estimate of drug-likeness (QED) is 0.748. The monoisotopic (exact) mass is 367 g/mol. The molecule has 27 heavy (non-hydrogen) atoms. The first-order valence-electron chi connectivity index (χ1n) is 8.46. The Kier molecular flexibility index (Phi) is 5.07. The van der Waals surface area contributed by atoms with Crippen LogP contribution >= 0.6 is 0 Å². The summed E-state index contributed by atoms with van der Waals surface area (Å²) < 4.78 is 6.71. The van der Waals surface area contributed by atoms with Gasteiger partial charge in [0.05, 0.1) is 17.9 Å². The number of nitrogens with zero attached hydrogens (tertiary/aromatic N) is 4. The summed E-state index contributed by atoms with van der Waals surface area (Å²) in [7, 11) is 1.57. The van der Waals surface area contributed by atoms with E-state index in [0.29, 0.717) is 17.1 Å². The number of nitrogens with one attached hydrogen (secondary N) is 1. The predicted octanol–water partition coefficient (Wildman–Crippen LogP) is 2.50. The molecule has 0 aliphatic rings. The van der Waals surface area contributed by atoms with Gasteiger partial charge in [0.1, 0.15) is 5.76 Å². The van der Waals surface area contributed by atoms with E-state index in [2.05, 4.69) is 15.6 Å². The number of aryl methyl sites for hydroxylation is 3. The summed E-state index contributed by atoms with van der Waals surface area (Å²) in [5.74, 6) is 0.324. The van der Waals surface area contributed by atoms with Gasteiger partial charge in [0.15, 0.2) is 5.82 Å². The zero-order valence-corrected chi connectivity index (χ0v) is 15.7. The van der Waals surface area contributed by atoms with Crippen LogP contribution in [0.5, 0.6) is 0 Å². The number of carbonyl (C=O) groups is 2. The van der Waals surface area contributed by atoms with E-state index in [1.807, 2.05) is 36.7 Å². The van der Waals surface area contributed by atoms with Gasteiger partial charge in [-0.15, -0.1) is 0 Å². The van der Waals surface area contributed by atoms with Gasteiger partial charge < -0.3 is 14.7 Å². The van der Waals surface area contributed by atoms with E-state index in [4.69, 9.17) is 4.52 Å². The second kappa shape index (κ2) is 7.45. The number of rotatable bonds is 5. The molecule has 8 nitrogen and oxygen atoms in total. The van der Waals surface area contributed by atoms with E-state index in [0.717, 1.165) is 17.1 Å². The SMILES string of the molecule is Cc1cc(C)n(-c2ccc(C(=O)N(C)CC(=O)Nc3cc(C)on3)cc2)n1. The summed E-state index contributed by atoms with van der Waals surface area (Å²) in [6.45, 7) is 5.54. The van der Waals surface area contributed by atoms with Crippen LogP contribution in [0.15, 0.2) is 40.9 Å². The highest BCUT2D eigenvalue weighted by Gasteiger charge is 2.16. The van der Waals surface area contributed by atoms with Crippen LogP contribution in [0.2, 0.25) is 0 Å². The Labute approximate surface area is 156 Å².